The second-order valence-corrected chi connectivity index (χ2v) is 6.24. The molecule has 2 N–H and O–H groups in total. The van der Waals surface area contributed by atoms with Crippen molar-refractivity contribution in [1.82, 2.24) is 9.97 Å². The Morgan fingerprint density at radius 2 is 1.94 bits per heavy atom. The zero-order valence-corrected chi connectivity index (χ0v) is 11.9. The van der Waals surface area contributed by atoms with Gasteiger partial charge in [-0.25, -0.2) is 4.98 Å². The Morgan fingerprint density at radius 1 is 1.33 bits per heavy atom. The summed E-state index contributed by atoms with van der Waals surface area (Å²) >= 11 is 0. The third-order valence-electron chi connectivity index (χ3n) is 4.15. The fraction of sp³-hybridized carbons (Fsp3) is 0.714. The third kappa shape index (κ3) is 2.74. The normalized spacial score (nSPS) is 19.8. The van der Waals surface area contributed by atoms with Gasteiger partial charge in [-0.05, 0) is 38.0 Å². The minimum absolute atomic E-state index is 0.360. The van der Waals surface area contributed by atoms with E-state index in [4.69, 9.17) is 5.73 Å². The van der Waals surface area contributed by atoms with Gasteiger partial charge in [0.1, 0.15) is 5.82 Å². The number of nitrogen functional groups attached to an aromatic ring is 1. The highest BCUT2D eigenvalue weighted by molar-refractivity contribution is 5.48. The van der Waals surface area contributed by atoms with Crippen molar-refractivity contribution in [2.45, 2.75) is 52.5 Å². The second kappa shape index (κ2) is 4.75. The summed E-state index contributed by atoms with van der Waals surface area (Å²) in [5.74, 6) is 1.34. The molecule has 0 radical (unpaired) electrons. The summed E-state index contributed by atoms with van der Waals surface area (Å²) in [5.41, 5.74) is 7.28. The van der Waals surface area contributed by atoms with Crippen molar-refractivity contribution in [2.24, 2.45) is 5.41 Å². The van der Waals surface area contributed by atoms with Crippen LogP contribution >= 0.6 is 0 Å². The summed E-state index contributed by atoms with van der Waals surface area (Å²) < 4.78 is 0. The van der Waals surface area contributed by atoms with Crippen molar-refractivity contribution in [3.8, 4) is 0 Å². The molecule has 0 atom stereocenters. The smallest absolute Gasteiger partial charge is 0.221 e. The van der Waals surface area contributed by atoms with Crippen LogP contribution in [0.3, 0.4) is 0 Å². The molecule has 1 aliphatic carbocycles. The van der Waals surface area contributed by atoms with Crippen LogP contribution in [0.1, 0.15) is 45.1 Å². The molecule has 1 fully saturated rings. The fourth-order valence-corrected chi connectivity index (χ4v) is 2.75. The molecule has 1 saturated carbocycles. The molecule has 4 heteroatoms. The van der Waals surface area contributed by atoms with E-state index in [1.807, 2.05) is 6.92 Å². The van der Waals surface area contributed by atoms with Gasteiger partial charge in [0.05, 0.1) is 0 Å². The van der Waals surface area contributed by atoms with Crippen molar-refractivity contribution in [3.05, 3.63) is 11.8 Å². The van der Waals surface area contributed by atoms with Gasteiger partial charge in [0, 0.05) is 24.8 Å². The zero-order valence-electron chi connectivity index (χ0n) is 11.9. The molecule has 1 aliphatic rings. The molecule has 2 rings (SSSR count). The second-order valence-electron chi connectivity index (χ2n) is 6.24. The molecule has 1 aromatic rings. The quantitative estimate of drug-likeness (QED) is 0.874. The van der Waals surface area contributed by atoms with Gasteiger partial charge in [-0.3, -0.25) is 0 Å². The monoisotopic (exact) mass is 248 g/mol. The van der Waals surface area contributed by atoms with Gasteiger partial charge < -0.3 is 10.6 Å². The molecule has 18 heavy (non-hydrogen) atoms. The predicted molar refractivity (Wildman–Crippen MR) is 75.6 cm³/mol. The van der Waals surface area contributed by atoms with Crippen LogP contribution in [0.15, 0.2) is 6.20 Å². The Kier molecular flexibility index (Phi) is 3.46. The molecular weight excluding hydrogens is 224 g/mol. The lowest BCUT2D eigenvalue weighted by atomic mass is 9.75. The summed E-state index contributed by atoms with van der Waals surface area (Å²) in [4.78, 5) is 10.7. The van der Waals surface area contributed by atoms with Gasteiger partial charge in [-0.1, -0.05) is 13.8 Å². The Balaban J connectivity index is 2.12. The van der Waals surface area contributed by atoms with Crippen LogP contribution in [0.4, 0.5) is 11.8 Å². The van der Waals surface area contributed by atoms with Gasteiger partial charge in [0.15, 0.2) is 0 Å². The molecule has 1 aromatic heterocycles. The number of aryl methyl sites for hydroxylation is 1. The number of aromatic nitrogens is 2. The molecule has 0 aliphatic heterocycles. The zero-order chi connectivity index (χ0) is 13.3. The maximum absolute atomic E-state index is 5.69. The first-order valence-corrected chi connectivity index (χ1v) is 6.71. The number of anilines is 2. The average molecular weight is 248 g/mol. The van der Waals surface area contributed by atoms with E-state index >= 15 is 0 Å². The molecule has 0 bridgehead atoms. The maximum atomic E-state index is 5.69. The summed E-state index contributed by atoms with van der Waals surface area (Å²) in [6.07, 6.45) is 6.82. The number of rotatable bonds is 2. The average Bonchev–Trinajstić information content (AvgIpc) is 2.31. The van der Waals surface area contributed by atoms with Crippen LogP contribution in [0.5, 0.6) is 0 Å². The van der Waals surface area contributed by atoms with Crippen LogP contribution in [-0.2, 0) is 0 Å². The van der Waals surface area contributed by atoms with Crippen LogP contribution in [0.2, 0.25) is 0 Å². The lowest BCUT2D eigenvalue weighted by molar-refractivity contribution is 0.222. The van der Waals surface area contributed by atoms with E-state index in [0.717, 1.165) is 11.4 Å². The maximum Gasteiger partial charge on any atom is 0.221 e. The standard InChI is InChI=1S/C14H24N4/c1-10-9-16-13(15)17-12(10)18(4)11-5-7-14(2,3)8-6-11/h9,11H,5-8H2,1-4H3,(H2,15,16,17). The van der Waals surface area contributed by atoms with Gasteiger partial charge in [-0.15, -0.1) is 0 Å². The molecule has 1 heterocycles. The summed E-state index contributed by atoms with van der Waals surface area (Å²) in [6, 6.07) is 0.575. The van der Waals surface area contributed by atoms with Crippen molar-refractivity contribution in [2.75, 3.05) is 17.7 Å². The minimum atomic E-state index is 0.360. The molecule has 100 valence electrons. The van der Waals surface area contributed by atoms with Crippen molar-refractivity contribution in [1.29, 1.82) is 0 Å². The van der Waals surface area contributed by atoms with Gasteiger partial charge in [-0.2, -0.15) is 4.98 Å². The van der Waals surface area contributed by atoms with Crippen molar-refractivity contribution < 1.29 is 0 Å². The van der Waals surface area contributed by atoms with Crippen LogP contribution < -0.4 is 10.6 Å². The molecule has 0 amide bonds. The van der Waals surface area contributed by atoms with Crippen molar-refractivity contribution in [3.63, 3.8) is 0 Å². The minimum Gasteiger partial charge on any atom is -0.368 e. The van der Waals surface area contributed by atoms with Crippen LogP contribution in [0.25, 0.3) is 0 Å². The number of hydrogen-bond donors (Lipinski definition) is 1. The first kappa shape index (κ1) is 13.1. The van der Waals surface area contributed by atoms with E-state index in [9.17, 15) is 0 Å². The Hall–Kier alpha value is -1.32. The lowest BCUT2D eigenvalue weighted by Gasteiger charge is -2.39. The highest BCUT2D eigenvalue weighted by Gasteiger charge is 2.29. The third-order valence-corrected chi connectivity index (χ3v) is 4.15. The number of nitrogens with zero attached hydrogens (tertiary/aromatic N) is 3. The number of hydrogen-bond acceptors (Lipinski definition) is 4. The molecule has 0 saturated heterocycles. The predicted octanol–water partition coefficient (Wildman–Crippen LogP) is 2.77. The van der Waals surface area contributed by atoms with E-state index in [1.165, 1.54) is 25.7 Å². The summed E-state index contributed by atoms with van der Waals surface area (Å²) in [7, 11) is 2.12. The highest BCUT2D eigenvalue weighted by atomic mass is 15.2. The van der Waals surface area contributed by atoms with E-state index < -0.39 is 0 Å². The SMILES string of the molecule is Cc1cnc(N)nc1N(C)C1CCC(C)(C)CC1. The number of nitrogens with two attached hydrogens (primary N) is 1. The molecule has 0 unspecified atom stereocenters. The highest BCUT2D eigenvalue weighted by Crippen LogP contribution is 2.37. The fourth-order valence-electron chi connectivity index (χ4n) is 2.75. The Morgan fingerprint density at radius 3 is 2.56 bits per heavy atom. The van der Waals surface area contributed by atoms with E-state index in [0.29, 0.717) is 17.4 Å². The molecule has 0 spiro atoms. The lowest BCUT2D eigenvalue weighted by Crippen LogP contribution is -2.38. The largest absolute Gasteiger partial charge is 0.368 e. The van der Waals surface area contributed by atoms with Gasteiger partial charge >= 0.3 is 0 Å². The summed E-state index contributed by atoms with van der Waals surface area (Å²) in [5, 5.41) is 0. The Bertz CT molecular complexity index is 418. The van der Waals surface area contributed by atoms with Gasteiger partial charge in [0.2, 0.25) is 5.95 Å². The van der Waals surface area contributed by atoms with Crippen molar-refractivity contribution >= 4 is 11.8 Å². The Labute approximate surface area is 110 Å². The van der Waals surface area contributed by atoms with E-state index in [1.54, 1.807) is 6.20 Å². The van der Waals surface area contributed by atoms with Crippen LogP contribution in [-0.4, -0.2) is 23.1 Å². The topological polar surface area (TPSA) is 55.0 Å². The van der Waals surface area contributed by atoms with Gasteiger partial charge in [0.25, 0.3) is 0 Å². The molecular formula is C14H24N4. The van der Waals surface area contributed by atoms with Crippen LogP contribution in [0, 0.1) is 12.3 Å². The summed E-state index contributed by atoms with van der Waals surface area (Å²) in [6.45, 7) is 6.76. The first-order chi connectivity index (χ1) is 8.39. The van der Waals surface area contributed by atoms with E-state index in [-0.39, 0.29) is 0 Å². The molecule has 4 nitrogen and oxygen atoms in total. The first-order valence-electron chi connectivity index (χ1n) is 6.71. The molecule has 0 aromatic carbocycles. The van der Waals surface area contributed by atoms with E-state index in [2.05, 4.69) is 35.8 Å².